The van der Waals surface area contributed by atoms with Gasteiger partial charge >= 0.3 is 5.97 Å². The van der Waals surface area contributed by atoms with Crippen molar-refractivity contribution in [2.75, 3.05) is 25.1 Å². The second-order valence-electron chi connectivity index (χ2n) is 6.76. The average Bonchev–Trinajstić information content (AvgIpc) is 3.15. The lowest BCUT2D eigenvalue weighted by Crippen LogP contribution is -2.48. The number of para-hydroxylation sites is 1. The van der Waals surface area contributed by atoms with Crippen LogP contribution in [-0.4, -0.2) is 43.1 Å². The number of amides is 1. The number of nitrogens with one attached hydrogen (secondary N) is 2. The third-order valence-electron chi connectivity index (χ3n) is 4.90. The first-order chi connectivity index (χ1) is 14.0. The van der Waals surface area contributed by atoms with E-state index in [1.807, 2.05) is 24.4 Å². The van der Waals surface area contributed by atoms with Gasteiger partial charge in [-0.1, -0.05) is 29.8 Å². The molecule has 3 rings (SSSR count). The maximum Gasteiger partial charge on any atom is 0.325 e. The summed E-state index contributed by atoms with van der Waals surface area (Å²) in [5.74, 6) is -0.581. The van der Waals surface area contributed by atoms with Crippen molar-refractivity contribution in [3.63, 3.8) is 0 Å². The molecule has 1 aromatic heterocycles. The zero-order valence-corrected chi connectivity index (χ0v) is 17.2. The smallest absolute Gasteiger partial charge is 0.325 e. The summed E-state index contributed by atoms with van der Waals surface area (Å²) in [6, 6.07) is 14.5. The van der Waals surface area contributed by atoms with E-state index >= 15 is 0 Å². The Kier molecular flexibility index (Phi) is 6.77. The summed E-state index contributed by atoms with van der Waals surface area (Å²) >= 11 is 5.96. The molecular formula is C22H24ClN3O3. The number of rotatable bonds is 8. The lowest BCUT2D eigenvalue weighted by molar-refractivity contribution is -0.139. The number of esters is 1. The van der Waals surface area contributed by atoms with Crippen molar-refractivity contribution < 1.29 is 14.3 Å². The van der Waals surface area contributed by atoms with Gasteiger partial charge in [0.15, 0.2) is 0 Å². The average molecular weight is 414 g/mol. The maximum atomic E-state index is 12.7. The number of benzene rings is 2. The predicted octanol–water partition coefficient (Wildman–Crippen LogP) is 3.55. The predicted molar refractivity (Wildman–Crippen MR) is 115 cm³/mol. The number of nitrogens with zero attached hydrogens (tertiary/aromatic N) is 1. The molecule has 0 unspecified atom stereocenters. The van der Waals surface area contributed by atoms with E-state index in [0.29, 0.717) is 18.0 Å². The minimum atomic E-state index is -0.557. The van der Waals surface area contributed by atoms with Crippen molar-refractivity contribution in [1.29, 1.82) is 0 Å². The molecule has 0 saturated heterocycles. The van der Waals surface area contributed by atoms with Gasteiger partial charge in [0, 0.05) is 34.4 Å². The Hall–Kier alpha value is -2.99. The molecule has 0 radical (unpaired) electrons. The lowest BCUT2D eigenvalue weighted by Gasteiger charge is -2.29. The summed E-state index contributed by atoms with van der Waals surface area (Å²) in [4.78, 5) is 29.5. The van der Waals surface area contributed by atoms with Gasteiger partial charge in [0.25, 0.3) is 0 Å². The Morgan fingerprint density at radius 3 is 2.62 bits per heavy atom. The van der Waals surface area contributed by atoms with E-state index in [-0.39, 0.29) is 12.5 Å². The van der Waals surface area contributed by atoms with Crippen LogP contribution in [0.1, 0.15) is 12.5 Å². The molecule has 6 nitrogen and oxygen atoms in total. The van der Waals surface area contributed by atoms with E-state index in [1.165, 1.54) is 7.11 Å². The first-order valence-corrected chi connectivity index (χ1v) is 9.79. The molecule has 0 aliphatic carbocycles. The number of carbonyl (C=O) groups excluding carboxylic acids is 2. The molecule has 2 N–H and O–H groups in total. The van der Waals surface area contributed by atoms with Crippen molar-refractivity contribution in [3.05, 3.63) is 65.3 Å². The molecule has 7 heteroatoms. The molecule has 0 aliphatic rings. The second kappa shape index (κ2) is 9.47. The Bertz CT molecular complexity index is 984. The van der Waals surface area contributed by atoms with Crippen LogP contribution in [0.5, 0.6) is 0 Å². The van der Waals surface area contributed by atoms with Crippen molar-refractivity contribution >= 4 is 40.1 Å². The van der Waals surface area contributed by atoms with Gasteiger partial charge in [0.1, 0.15) is 12.6 Å². The van der Waals surface area contributed by atoms with Crippen LogP contribution in [0.15, 0.2) is 54.7 Å². The summed E-state index contributed by atoms with van der Waals surface area (Å²) < 4.78 is 4.78. The molecule has 29 heavy (non-hydrogen) atoms. The number of methoxy groups -OCH3 is 1. The Morgan fingerprint density at radius 1 is 1.17 bits per heavy atom. The number of fused-ring (bicyclic) bond motifs is 1. The number of anilines is 1. The number of hydrogen-bond donors (Lipinski definition) is 2. The van der Waals surface area contributed by atoms with Gasteiger partial charge < -0.3 is 19.9 Å². The van der Waals surface area contributed by atoms with Crippen molar-refractivity contribution in [1.82, 2.24) is 10.3 Å². The van der Waals surface area contributed by atoms with Crippen LogP contribution in [0.3, 0.4) is 0 Å². The SMILES string of the molecule is COC(=O)CN(c1ccc(Cl)cc1)[C@H](C)C(=O)NCCc1c[nH]c2ccccc12. The normalized spacial score (nSPS) is 11.8. The highest BCUT2D eigenvalue weighted by atomic mass is 35.5. The van der Waals surface area contributed by atoms with Crippen molar-refractivity contribution in [3.8, 4) is 0 Å². The molecule has 2 aromatic carbocycles. The highest BCUT2D eigenvalue weighted by Gasteiger charge is 2.24. The van der Waals surface area contributed by atoms with Crippen LogP contribution in [0, 0.1) is 0 Å². The molecule has 0 fully saturated rings. The molecule has 152 valence electrons. The van der Waals surface area contributed by atoms with Crippen LogP contribution in [-0.2, 0) is 20.7 Å². The maximum absolute atomic E-state index is 12.7. The van der Waals surface area contributed by atoms with Crippen LogP contribution >= 0.6 is 11.6 Å². The highest BCUT2D eigenvalue weighted by Crippen LogP contribution is 2.21. The standard InChI is InChI=1S/C22H24ClN3O3/c1-15(26(14-21(27)29-2)18-9-7-17(23)8-10-18)22(28)24-12-11-16-13-25-20-6-4-3-5-19(16)20/h3-10,13,15,25H,11-12,14H2,1-2H3,(H,24,28)/t15-/m1/s1. The van der Waals surface area contributed by atoms with E-state index in [0.717, 1.165) is 22.2 Å². The molecular weight excluding hydrogens is 390 g/mol. The zero-order valence-electron chi connectivity index (χ0n) is 16.4. The minimum Gasteiger partial charge on any atom is -0.468 e. The van der Waals surface area contributed by atoms with E-state index in [9.17, 15) is 9.59 Å². The lowest BCUT2D eigenvalue weighted by atomic mass is 10.1. The Morgan fingerprint density at radius 2 is 1.90 bits per heavy atom. The number of aromatic amines is 1. The highest BCUT2D eigenvalue weighted by molar-refractivity contribution is 6.30. The summed E-state index contributed by atoms with van der Waals surface area (Å²) in [6.45, 7) is 2.23. The number of hydrogen-bond acceptors (Lipinski definition) is 4. The number of ether oxygens (including phenoxy) is 1. The molecule has 0 saturated carbocycles. The van der Waals surface area contributed by atoms with Gasteiger partial charge in [-0.05, 0) is 49.2 Å². The molecule has 0 bridgehead atoms. The second-order valence-corrected chi connectivity index (χ2v) is 7.19. The van der Waals surface area contributed by atoms with E-state index in [4.69, 9.17) is 16.3 Å². The van der Waals surface area contributed by atoms with E-state index in [2.05, 4.69) is 16.4 Å². The minimum absolute atomic E-state index is 0.0326. The van der Waals surface area contributed by atoms with E-state index < -0.39 is 12.0 Å². The summed E-state index contributed by atoms with van der Waals surface area (Å²) in [5, 5.41) is 4.71. The number of H-pyrrole nitrogens is 1. The third-order valence-corrected chi connectivity index (χ3v) is 5.15. The number of halogens is 1. The van der Waals surface area contributed by atoms with Crippen LogP contribution in [0.2, 0.25) is 5.02 Å². The van der Waals surface area contributed by atoms with Gasteiger partial charge in [0.2, 0.25) is 5.91 Å². The van der Waals surface area contributed by atoms with Gasteiger partial charge in [-0.15, -0.1) is 0 Å². The molecule has 1 amide bonds. The van der Waals surface area contributed by atoms with Gasteiger partial charge in [0.05, 0.1) is 7.11 Å². The van der Waals surface area contributed by atoms with Gasteiger partial charge in [-0.3, -0.25) is 9.59 Å². The number of aromatic nitrogens is 1. The fourth-order valence-electron chi connectivity index (χ4n) is 3.24. The van der Waals surface area contributed by atoms with Crippen molar-refractivity contribution in [2.24, 2.45) is 0 Å². The first-order valence-electron chi connectivity index (χ1n) is 9.41. The monoisotopic (exact) mass is 413 g/mol. The first kappa shape index (κ1) is 20.7. The summed E-state index contributed by atoms with van der Waals surface area (Å²) in [6.07, 6.45) is 2.68. The molecule has 3 aromatic rings. The number of carbonyl (C=O) groups is 2. The van der Waals surface area contributed by atoms with Crippen LogP contribution in [0.25, 0.3) is 10.9 Å². The topological polar surface area (TPSA) is 74.4 Å². The fraction of sp³-hybridized carbons (Fsp3) is 0.273. The van der Waals surface area contributed by atoms with E-state index in [1.54, 1.807) is 36.1 Å². The Labute approximate surface area is 174 Å². The zero-order chi connectivity index (χ0) is 20.8. The molecule has 1 atom stereocenters. The third kappa shape index (κ3) is 5.09. The summed E-state index contributed by atoms with van der Waals surface area (Å²) in [5.41, 5.74) is 2.95. The van der Waals surface area contributed by atoms with Gasteiger partial charge in [-0.2, -0.15) is 0 Å². The summed E-state index contributed by atoms with van der Waals surface area (Å²) in [7, 11) is 1.33. The van der Waals surface area contributed by atoms with Crippen LogP contribution in [0.4, 0.5) is 5.69 Å². The van der Waals surface area contributed by atoms with Crippen molar-refractivity contribution in [2.45, 2.75) is 19.4 Å². The molecule has 1 heterocycles. The van der Waals surface area contributed by atoms with Gasteiger partial charge in [-0.25, -0.2) is 0 Å². The fourth-order valence-corrected chi connectivity index (χ4v) is 3.36. The van der Waals surface area contributed by atoms with Crippen LogP contribution < -0.4 is 10.2 Å². The quantitative estimate of drug-likeness (QED) is 0.554. The molecule has 0 aliphatic heterocycles. The largest absolute Gasteiger partial charge is 0.468 e. The Balaban J connectivity index is 1.65. The molecule has 0 spiro atoms.